The number of rotatable bonds is 1. The van der Waals surface area contributed by atoms with Crippen molar-refractivity contribution in [2.45, 2.75) is 32.7 Å². The molecule has 0 amide bonds. The molecule has 2 unspecified atom stereocenters. The van der Waals surface area contributed by atoms with E-state index in [9.17, 15) is 0 Å². The highest BCUT2D eigenvalue weighted by atomic mass is 35.5. The normalized spacial score (nSPS) is 34.0. The fraction of sp³-hybridized carbons (Fsp3) is 1.00. The highest BCUT2D eigenvalue weighted by Gasteiger charge is 2.19. The first-order valence-corrected chi connectivity index (χ1v) is 3.58. The van der Waals surface area contributed by atoms with E-state index >= 15 is 0 Å². The average Bonchev–Trinajstić information content (AvgIpc) is 2.14. The molecule has 0 spiro atoms. The van der Waals surface area contributed by atoms with Crippen LogP contribution in [0.1, 0.15) is 26.7 Å². The lowest BCUT2D eigenvalue weighted by Crippen LogP contribution is -2.22. The van der Waals surface area contributed by atoms with Crippen LogP contribution in [0.5, 0.6) is 0 Å². The van der Waals surface area contributed by atoms with Gasteiger partial charge in [-0.15, -0.1) is 12.4 Å². The van der Waals surface area contributed by atoms with Gasteiger partial charge in [0.2, 0.25) is 0 Å². The third-order valence-corrected chi connectivity index (χ3v) is 2.21. The van der Waals surface area contributed by atoms with Crippen molar-refractivity contribution in [3.05, 3.63) is 0 Å². The Balaban J connectivity index is 0.000000640. The zero-order valence-corrected chi connectivity index (χ0v) is 7.00. The van der Waals surface area contributed by atoms with Crippen LogP contribution < -0.4 is 5.32 Å². The summed E-state index contributed by atoms with van der Waals surface area (Å²) in [6.45, 7) is 5.79. The van der Waals surface area contributed by atoms with Gasteiger partial charge < -0.3 is 5.32 Å². The van der Waals surface area contributed by atoms with Gasteiger partial charge in [-0.3, -0.25) is 0 Å². The monoisotopic (exact) mass is 149 g/mol. The van der Waals surface area contributed by atoms with Crippen molar-refractivity contribution in [1.82, 2.24) is 5.32 Å². The topological polar surface area (TPSA) is 12.0 Å². The molecule has 9 heavy (non-hydrogen) atoms. The van der Waals surface area contributed by atoms with Gasteiger partial charge in [0, 0.05) is 6.04 Å². The molecular weight excluding hydrogens is 134 g/mol. The van der Waals surface area contributed by atoms with Gasteiger partial charge >= 0.3 is 0 Å². The quantitative estimate of drug-likeness (QED) is 0.600. The summed E-state index contributed by atoms with van der Waals surface area (Å²) in [5.41, 5.74) is 0. The first-order valence-electron chi connectivity index (χ1n) is 3.58. The summed E-state index contributed by atoms with van der Waals surface area (Å²) in [6.07, 6.45) is 2.73. The highest BCUT2D eigenvalue weighted by Crippen LogP contribution is 2.17. The number of halogens is 1. The lowest BCUT2D eigenvalue weighted by molar-refractivity contribution is 0.463. The number of nitrogens with one attached hydrogen (secondary N) is 1. The molecule has 1 N–H and O–H groups in total. The van der Waals surface area contributed by atoms with E-state index in [0.29, 0.717) is 0 Å². The average molecular weight is 150 g/mol. The summed E-state index contributed by atoms with van der Waals surface area (Å²) in [4.78, 5) is 0. The van der Waals surface area contributed by atoms with Crippen LogP contribution in [0.25, 0.3) is 0 Å². The van der Waals surface area contributed by atoms with E-state index in [4.69, 9.17) is 0 Å². The standard InChI is InChI=1S/C7H15N.ClH/c1-3-7-4-5-8-6(7)2;/h6-8H,3-5H2,1-2H3;1H. The van der Waals surface area contributed by atoms with Crippen LogP contribution in [0, 0.1) is 5.92 Å². The van der Waals surface area contributed by atoms with Crippen LogP contribution in [0.2, 0.25) is 0 Å². The maximum atomic E-state index is 3.42. The molecule has 1 nitrogen and oxygen atoms in total. The summed E-state index contributed by atoms with van der Waals surface area (Å²) < 4.78 is 0. The molecule has 2 atom stereocenters. The van der Waals surface area contributed by atoms with E-state index in [0.717, 1.165) is 12.0 Å². The SMILES string of the molecule is CCC1CCNC1C.Cl. The molecule has 1 fully saturated rings. The largest absolute Gasteiger partial charge is 0.314 e. The molecule has 1 aliphatic heterocycles. The number of hydrogen-bond acceptors (Lipinski definition) is 1. The van der Waals surface area contributed by atoms with Gasteiger partial charge in [0.1, 0.15) is 0 Å². The van der Waals surface area contributed by atoms with Crippen molar-refractivity contribution >= 4 is 12.4 Å². The van der Waals surface area contributed by atoms with Crippen LogP contribution >= 0.6 is 12.4 Å². The molecule has 0 aliphatic carbocycles. The maximum Gasteiger partial charge on any atom is 0.00673 e. The lowest BCUT2D eigenvalue weighted by Gasteiger charge is -2.10. The molecule has 2 heteroatoms. The third kappa shape index (κ3) is 2.15. The fourth-order valence-corrected chi connectivity index (χ4v) is 1.47. The minimum atomic E-state index is 0. The molecule has 0 bridgehead atoms. The minimum absolute atomic E-state index is 0. The van der Waals surface area contributed by atoms with Crippen LogP contribution in [-0.4, -0.2) is 12.6 Å². The molecule has 0 aromatic rings. The van der Waals surface area contributed by atoms with E-state index in [1.54, 1.807) is 0 Å². The van der Waals surface area contributed by atoms with Crippen molar-refractivity contribution in [3.63, 3.8) is 0 Å². The predicted molar refractivity (Wildman–Crippen MR) is 43.1 cm³/mol. The van der Waals surface area contributed by atoms with Gasteiger partial charge in [0.25, 0.3) is 0 Å². The third-order valence-electron chi connectivity index (χ3n) is 2.21. The zero-order valence-electron chi connectivity index (χ0n) is 6.18. The number of hydrogen-bond donors (Lipinski definition) is 1. The van der Waals surface area contributed by atoms with Crippen molar-refractivity contribution in [2.75, 3.05) is 6.54 Å². The highest BCUT2D eigenvalue weighted by molar-refractivity contribution is 5.85. The molecular formula is C7H16ClN. The first-order chi connectivity index (χ1) is 3.84. The van der Waals surface area contributed by atoms with Crippen molar-refractivity contribution in [2.24, 2.45) is 5.92 Å². The summed E-state index contributed by atoms with van der Waals surface area (Å²) in [5.74, 6) is 0.954. The summed E-state index contributed by atoms with van der Waals surface area (Å²) in [6, 6.07) is 0.778. The Bertz CT molecular complexity index is 75.3. The van der Waals surface area contributed by atoms with Crippen LogP contribution in [0.15, 0.2) is 0 Å². The smallest absolute Gasteiger partial charge is 0.00673 e. The molecule has 56 valence electrons. The van der Waals surface area contributed by atoms with Gasteiger partial charge in [0.05, 0.1) is 0 Å². The lowest BCUT2D eigenvalue weighted by atomic mass is 10.00. The Morgan fingerprint density at radius 1 is 1.56 bits per heavy atom. The summed E-state index contributed by atoms with van der Waals surface area (Å²) >= 11 is 0. The Morgan fingerprint density at radius 2 is 2.22 bits per heavy atom. The summed E-state index contributed by atoms with van der Waals surface area (Å²) in [7, 11) is 0. The molecule has 1 heterocycles. The first kappa shape index (κ1) is 9.25. The van der Waals surface area contributed by atoms with E-state index in [1.165, 1.54) is 19.4 Å². The molecule has 0 aromatic heterocycles. The Hall–Kier alpha value is 0.250. The second-order valence-corrected chi connectivity index (χ2v) is 2.70. The predicted octanol–water partition coefficient (Wildman–Crippen LogP) is 1.82. The molecule has 1 saturated heterocycles. The van der Waals surface area contributed by atoms with E-state index in [1.807, 2.05) is 0 Å². The van der Waals surface area contributed by atoms with E-state index < -0.39 is 0 Å². The van der Waals surface area contributed by atoms with Crippen LogP contribution in [-0.2, 0) is 0 Å². The Morgan fingerprint density at radius 3 is 2.44 bits per heavy atom. The van der Waals surface area contributed by atoms with Crippen molar-refractivity contribution < 1.29 is 0 Å². The molecule has 1 rings (SSSR count). The second kappa shape index (κ2) is 4.13. The summed E-state index contributed by atoms with van der Waals surface area (Å²) in [5, 5.41) is 3.42. The van der Waals surface area contributed by atoms with Gasteiger partial charge in [-0.2, -0.15) is 0 Å². The Kier molecular flexibility index (Phi) is 4.24. The van der Waals surface area contributed by atoms with Gasteiger partial charge in [-0.05, 0) is 25.8 Å². The zero-order chi connectivity index (χ0) is 5.98. The fourth-order valence-electron chi connectivity index (χ4n) is 1.47. The molecule has 0 saturated carbocycles. The minimum Gasteiger partial charge on any atom is -0.314 e. The molecule has 1 aliphatic rings. The Labute approximate surface area is 63.6 Å². The van der Waals surface area contributed by atoms with Crippen LogP contribution in [0.3, 0.4) is 0 Å². The molecule has 0 radical (unpaired) electrons. The van der Waals surface area contributed by atoms with Crippen LogP contribution in [0.4, 0.5) is 0 Å². The van der Waals surface area contributed by atoms with Gasteiger partial charge in [-0.1, -0.05) is 13.3 Å². The van der Waals surface area contributed by atoms with Crippen molar-refractivity contribution in [1.29, 1.82) is 0 Å². The van der Waals surface area contributed by atoms with Gasteiger partial charge in [-0.25, -0.2) is 0 Å². The second-order valence-electron chi connectivity index (χ2n) is 2.70. The van der Waals surface area contributed by atoms with E-state index in [2.05, 4.69) is 19.2 Å². The maximum absolute atomic E-state index is 3.42. The van der Waals surface area contributed by atoms with Gasteiger partial charge in [0.15, 0.2) is 0 Å². The molecule has 0 aromatic carbocycles. The van der Waals surface area contributed by atoms with Crippen molar-refractivity contribution in [3.8, 4) is 0 Å². The van der Waals surface area contributed by atoms with E-state index in [-0.39, 0.29) is 12.4 Å².